The molecule has 3 saturated heterocycles. The lowest BCUT2D eigenvalue weighted by Crippen LogP contribution is -2.51. The molecule has 2 N–H and O–H groups in total. The third-order valence-electron chi connectivity index (χ3n) is 5.99. The average Bonchev–Trinajstić information content (AvgIpc) is 3.09. The SMILES string of the molecule is NCC1(C(=O)N2CCCN(CC(=O)N3CCCC3)CC2)CCOCC1. The van der Waals surface area contributed by atoms with Crippen molar-refractivity contribution in [2.75, 3.05) is 65.6 Å². The zero-order valence-corrected chi connectivity index (χ0v) is 15.3. The van der Waals surface area contributed by atoms with Crippen LogP contribution in [-0.4, -0.2) is 92.1 Å². The summed E-state index contributed by atoms with van der Waals surface area (Å²) in [5.74, 6) is 0.422. The second-order valence-electron chi connectivity index (χ2n) is 7.61. The number of nitrogens with zero attached hydrogens (tertiary/aromatic N) is 3. The fraction of sp³-hybridized carbons (Fsp3) is 0.889. The van der Waals surface area contributed by atoms with Crippen LogP contribution in [0, 0.1) is 5.41 Å². The van der Waals surface area contributed by atoms with Gasteiger partial charge in [-0.1, -0.05) is 0 Å². The van der Waals surface area contributed by atoms with Crippen LogP contribution in [0.25, 0.3) is 0 Å². The molecule has 3 aliphatic heterocycles. The van der Waals surface area contributed by atoms with Crippen LogP contribution in [0.4, 0.5) is 0 Å². The Morgan fingerprint density at radius 2 is 1.56 bits per heavy atom. The van der Waals surface area contributed by atoms with Gasteiger partial charge in [0.05, 0.1) is 12.0 Å². The van der Waals surface area contributed by atoms with Gasteiger partial charge in [0.15, 0.2) is 0 Å². The molecule has 2 amide bonds. The number of hydrogen-bond acceptors (Lipinski definition) is 5. The molecule has 3 rings (SSSR count). The number of nitrogens with two attached hydrogens (primary N) is 1. The van der Waals surface area contributed by atoms with Crippen molar-refractivity contribution in [2.24, 2.45) is 11.1 Å². The highest BCUT2D eigenvalue weighted by molar-refractivity contribution is 5.83. The maximum Gasteiger partial charge on any atom is 0.236 e. The highest BCUT2D eigenvalue weighted by Crippen LogP contribution is 2.32. The number of carbonyl (C=O) groups is 2. The van der Waals surface area contributed by atoms with Gasteiger partial charge in [-0.15, -0.1) is 0 Å². The minimum absolute atomic E-state index is 0.186. The Morgan fingerprint density at radius 1 is 0.880 bits per heavy atom. The molecule has 0 aromatic heterocycles. The van der Waals surface area contributed by atoms with Crippen LogP contribution in [0.3, 0.4) is 0 Å². The van der Waals surface area contributed by atoms with Gasteiger partial charge in [0.1, 0.15) is 0 Å². The van der Waals surface area contributed by atoms with Gasteiger partial charge < -0.3 is 20.3 Å². The lowest BCUT2D eigenvalue weighted by molar-refractivity contribution is -0.147. The first kappa shape index (κ1) is 18.6. The predicted molar refractivity (Wildman–Crippen MR) is 95.0 cm³/mol. The average molecular weight is 352 g/mol. The Balaban J connectivity index is 1.53. The number of amides is 2. The van der Waals surface area contributed by atoms with E-state index in [1.807, 2.05) is 9.80 Å². The quantitative estimate of drug-likeness (QED) is 0.764. The highest BCUT2D eigenvalue weighted by atomic mass is 16.5. The smallest absolute Gasteiger partial charge is 0.236 e. The van der Waals surface area contributed by atoms with Crippen molar-refractivity contribution in [3.63, 3.8) is 0 Å². The van der Waals surface area contributed by atoms with Crippen LogP contribution >= 0.6 is 0 Å². The molecule has 0 atom stereocenters. The molecule has 0 aromatic rings. The lowest BCUT2D eigenvalue weighted by Gasteiger charge is -2.38. The fourth-order valence-electron chi connectivity index (χ4n) is 4.19. The van der Waals surface area contributed by atoms with Gasteiger partial charge in [0, 0.05) is 59.0 Å². The van der Waals surface area contributed by atoms with E-state index in [0.29, 0.717) is 32.8 Å². The van der Waals surface area contributed by atoms with Gasteiger partial charge >= 0.3 is 0 Å². The minimum atomic E-state index is -0.446. The standard InChI is InChI=1S/C18H32N4O3/c19-15-18(4-12-25-13-5-18)17(24)22-9-3-6-20(10-11-22)14-16(23)21-7-1-2-8-21/h1-15,19H2. The number of ether oxygens (including phenoxy) is 1. The van der Waals surface area contributed by atoms with Crippen molar-refractivity contribution in [3.8, 4) is 0 Å². The zero-order chi connectivity index (χ0) is 17.7. The van der Waals surface area contributed by atoms with Crippen molar-refractivity contribution >= 4 is 11.8 Å². The Morgan fingerprint density at radius 3 is 2.24 bits per heavy atom. The van der Waals surface area contributed by atoms with E-state index in [1.165, 1.54) is 0 Å². The van der Waals surface area contributed by atoms with Crippen LogP contribution in [0.2, 0.25) is 0 Å². The van der Waals surface area contributed by atoms with Crippen LogP contribution in [-0.2, 0) is 14.3 Å². The van der Waals surface area contributed by atoms with Crippen molar-refractivity contribution < 1.29 is 14.3 Å². The molecule has 7 nitrogen and oxygen atoms in total. The summed E-state index contributed by atoms with van der Waals surface area (Å²) in [5, 5.41) is 0. The fourth-order valence-corrected chi connectivity index (χ4v) is 4.19. The summed E-state index contributed by atoms with van der Waals surface area (Å²) >= 11 is 0. The van der Waals surface area contributed by atoms with E-state index in [2.05, 4.69) is 4.90 Å². The Hall–Kier alpha value is -1.18. The van der Waals surface area contributed by atoms with E-state index in [9.17, 15) is 9.59 Å². The Bertz CT molecular complexity index is 473. The molecule has 0 aromatic carbocycles. The van der Waals surface area contributed by atoms with Crippen molar-refractivity contribution in [3.05, 3.63) is 0 Å². The molecule has 7 heteroatoms. The van der Waals surface area contributed by atoms with Gasteiger partial charge in [0.2, 0.25) is 11.8 Å². The third kappa shape index (κ3) is 4.33. The van der Waals surface area contributed by atoms with E-state index in [-0.39, 0.29) is 11.8 Å². The van der Waals surface area contributed by atoms with Crippen LogP contribution in [0.5, 0.6) is 0 Å². The molecular weight excluding hydrogens is 320 g/mol. The minimum Gasteiger partial charge on any atom is -0.381 e. The predicted octanol–water partition coefficient (Wildman–Crippen LogP) is -0.101. The Labute approximate surface area is 150 Å². The summed E-state index contributed by atoms with van der Waals surface area (Å²) in [6.07, 6.45) is 4.60. The van der Waals surface area contributed by atoms with E-state index in [4.69, 9.17) is 10.5 Å². The monoisotopic (exact) mass is 352 g/mol. The van der Waals surface area contributed by atoms with Gasteiger partial charge in [-0.25, -0.2) is 0 Å². The summed E-state index contributed by atoms with van der Waals surface area (Å²) < 4.78 is 5.42. The molecule has 25 heavy (non-hydrogen) atoms. The second-order valence-corrected chi connectivity index (χ2v) is 7.61. The highest BCUT2D eigenvalue weighted by Gasteiger charge is 2.41. The zero-order valence-electron chi connectivity index (χ0n) is 15.3. The number of hydrogen-bond donors (Lipinski definition) is 1. The largest absolute Gasteiger partial charge is 0.381 e. The maximum atomic E-state index is 13.1. The molecule has 142 valence electrons. The molecule has 0 spiro atoms. The summed E-state index contributed by atoms with van der Waals surface area (Å²) in [4.78, 5) is 31.6. The van der Waals surface area contributed by atoms with Gasteiger partial charge in [-0.3, -0.25) is 14.5 Å². The van der Waals surface area contributed by atoms with E-state index >= 15 is 0 Å². The molecule has 3 aliphatic rings. The number of rotatable bonds is 4. The summed E-state index contributed by atoms with van der Waals surface area (Å²) in [5.41, 5.74) is 5.54. The third-order valence-corrected chi connectivity index (χ3v) is 5.99. The first-order valence-corrected chi connectivity index (χ1v) is 9.72. The number of likely N-dealkylation sites (tertiary alicyclic amines) is 1. The van der Waals surface area contributed by atoms with Gasteiger partial charge in [-0.2, -0.15) is 0 Å². The molecule has 0 aliphatic carbocycles. The molecule has 0 unspecified atom stereocenters. The molecule has 3 heterocycles. The Kier molecular flexibility index (Phi) is 6.30. The second kappa shape index (κ2) is 8.47. The van der Waals surface area contributed by atoms with Crippen molar-refractivity contribution in [1.82, 2.24) is 14.7 Å². The molecule has 0 bridgehead atoms. The normalized spacial score (nSPS) is 25.0. The van der Waals surface area contributed by atoms with Crippen LogP contribution < -0.4 is 5.73 Å². The molecular formula is C18H32N4O3. The van der Waals surface area contributed by atoms with Crippen molar-refractivity contribution in [2.45, 2.75) is 32.1 Å². The lowest BCUT2D eigenvalue weighted by atomic mass is 9.79. The molecule has 0 radical (unpaired) electrons. The van der Waals surface area contributed by atoms with Gasteiger partial charge in [0.25, 0.3) is 0 Å². The summed E-state index contributed by atoms with van der Waals surface area (Å²) in [6, 6.07) is 0. The van der Waals surface area contributed by atoms with Crippen LogP contribution in [0.15, 0.2) is 0 Å². The summed E-state index contributed by atoms with van der Waals surface area (Å²) in [7, 11) is 0. The van der Waals surface area contributed by atoms with E-state index in [0.717, 1.165) is 64.8 Å². The molecule has 3 fully saturated rings. The van der Waals surface area contributed by atoms with Crippen molar-refractivity contribution in [1.29, 1.82) is 0 Å². The number of carbonyl (C=O) groups excluding carboxylic acids is 2. The maximum absolute atomic E-state index is 13.1. The first-order valence-electron chi connectivity index (χ1n) is 9.72. The first-order chi connectivity index (χ1) is 12.1. The topological polar surface area (TPSA) is 79.1 Å². The summed E-state index contributed by atoms with van der Waals surface area (Å²) in [6.45, 7) is 7.01. The van der Waals surface area contributed by atoms with Gasteiger partial charge in [-0.05, 0) is 32.1 Å². The van der Waals surface area contributed by atoms with E-state index < -0.39 is 5.41 Å². The molecule has 0 saturated carbocycles. The van der Waals surface area contributed by atoms with E-state index in [1.54, 1.807) is 0 Å². The van der Waals surface area contributed by atoms with Crippen LogP contribution in [0.1, 0.15) is 32.1 Å².